The highest BCUT2D eigenvalue weighted by molar-refractivity contribution is 6.39. The second kappa shape index (κ2) is 11.2. The van der Waals surface area contributed by atoms with E-state index in [9.17, 15) is 14.4 Å². The zero-order valence-electron chi connectivity index (χ0n) is 18.2. The molecule has 0 aromatic heterocycles. The van der Waals surface area contributed by atoms with Crippen LogP contribution >= 0.6 is 0 Å². The molecule has 2 amide bonds. The molecule has 0 saturated heterocycles. The number of hydrazone groups is 1. The van der Waals surface area contributed by atoms with Crippen molar-refractivity contribution in [2.24, 2.45) is 5.10 Å². The number of amides is 2. The minimum atomic E-state index is -0.911. The van der Waals surface area contributed by atoms with E-state index in [0.717, 1.165) is 5.56 Å². The lowest BCUT2D eigenvalue weighted by Crippen LogP contribution is -2.32. The van der Waals surface area contributed by atoms with Crippen molar-refractivity contribution < 1.29 is 23.9 Å². The predicted molar refractivity (Wildman–Crippen MR) is 125 cm³/mol. The van der Waals surface area contributed by atoms with Crippen LogP contribution in [0.1, 0.15) is 28.4 Å². The van der Waals surface area contributed by atoms with Crippen molar-refractivity contribution in [1.29, 1.82) is 0 Å². The number of anilines is 1. The maximum atomic E-state index is 12.3. The number of rotatable bonds is 7. The smallest absolute Gasteiger partial charge is 0.343 e. The summed E-state index contributed by atoms with van der Waals surface area (Å²) in [4.78, 5) is 36.3. The minimum Gasteiger partial charge on any atom is -0.490 e. The van der Waals surface area contributed by atoms with Crippen LogP contribution in [0.25, 0.3) is 0 Å². The van der Waals surface area contributed by atoms with Crippen molar-refractivity contribution in [3.8, 4) is 11.5 Å². The van der Waals surface area contributed by atoms with Crippen LogP contribution in [0, 0.1) is 6.92 Å². The number of esters is 1. The molecule has 0 fully saturated rings. The van der Waals surface area contributed by atoms with Crippen LogP contribution in [-0.2, 0) is 9.59 Å². The van der Waals surface area contributed by atoms with Crippen molar-refractivity contribution >= 4 is 29.7 Å². The molecule has 0 saturated carbocycles. The third-order valence-corrected chi connectivity index (χ3v) is 4.34. The molecular weight excluding hydrogens is 422 g/mol. The van der Waals surface area contributed by atoms with Gasteiger partial charge in [-0.3, -0.25) is 9.59 Å². The molecule has 0 bridgehead atoms. The van der Waals surface area contributed by atoms with Crippen LogP contribution in [0.4, 0.5) is 5.69 Å². The van der Waals surface area contributed by atoms with Gasteiger partial charge in [0.15, 0.2) is 11.5 Å². The molecule has 2 N–H and O–H groups in total. The fraction of sp³-hybridized carbons (Fsp3) is 0.120. The van der Waals surface area contributed by atoms with Crippen LogP contribution in [0.3, 0.4) is 0 Å². The number of benzene rings is 3. The highest BCUT2D eigenvalue weighted by Gasteiger charge is 2.14. The molecule has 8 heteroatoms. The first-order valence-corrected chi connectivity index (χ1v) is 10.2. The number of carbonyl (C=O) groups excluding carboxylic acids is 3. The van der Waals surface area contributed by atoms with Crippen LogP contribution in [-0.4, -0.2) is 30.6 Å². The molecule has 3 aromatic rings. The molecule has 3 rings (SSSR count). The van der Waals surface area contributed by atoms with Gasteiger partial charge in [-0.15, -0.1) is 0 Å². The first-order valence-electron chi connectivity index (χ1n) is 10.2. The third-order valence-electron chi connectivity index (χ3n) is 4.34. The van der Waals surface area contributed by atoms with E-state index in [2.05, 4.69) is 15.8 Å². The van der Waals surface area contributed by atoms with Crippen molar-refractivity contribution in [3.05, 3.63) is 89.5 Å². The van der Waals surface area contributed by atoms with E-state index in [-0.39, 0.29) is 5.75 Å². The average molecular weight is 445 g/mol. The number of aryl methyl sites for hydroxylation is 1. The first-order chi connectivity index (χ1) is 16.0. The molecule has 33 heavy (non-hydrogen) atoms. The van der Waals surface area contributed by atoms with E-state index < -0.39 is 17.8 Å². The van der Waals surface area contributed by atoms with Crippen LogP contribution in [0.5, 0.6) is 11.5 Å². The SMILES string of the molecule is CCOc1cc(/C=N/NC(=O)C(=O)Nc2cccc(C)c2)ccc1OC(=O)c1ccccc1. The van der Waals surface area contributed by atoms with Gasteiger partial charge in [0.1, 0.15) is 0 Å². The van der Waals surface area contributed by atoms with Gasteiger partial charge in [0.05, 0.1) is 18.4 Å². The predicted octanol–water partition coefficient (Wildman–Crippen LogP) is 3.70. The number of nitrogens with one attached hydrogen (secondary N) is 2. The van der Waals surface area contributed by atoms with Gasteiger partial charge < -0.3 is 14.8 Å². The van der Waals surface area contributed by atoms with E-state index in [1.807, 2.05) is 19.1 Å². The Bertz CT molecular complexity index is 1180. The topological polar surface area (TPSA) is 106 Å². The second-order valence-electron chi connectivity index (χ2n) is 6.92. The Kier molecular flexibility index (Phi) is 7.91. The second-order valence-corrected chi connectivity index (χ2v) is 6.92. The molecule has 0 atom stereocenters. The zero-order valence-corrected chi connectivity index (χ0v) is 18.2. The van der Waals surface area contributed by atoms with Crippen molar-refractivity contribution in [2.45, 2.75) is 13.8 Å². The summed E-state index contributed by atoms with van der Waals surface area (Å²) in [7, 11) is 0. The minimum absolute atomic E-state index is 0.254. The van der Waals surface area contributed by atoms with Crippen molar-refractivity contribution in [2.75, 3.05) is 11.9 Å². The largest absolute Gasteiger partial charge is 0.490 e. The maximum absolute atomic E-state index is 12.3. The monoisotopic (exact) mass is 445 g/mol. The molecule has 0 unspecified atom stereocenters. The molecule has 8 nitrogen and oxygen atoms in total. The number of carbonyl (C=O) groups is 3. The molecule has 0 aliphatic rings. The van der Waals surface area contributed by atoms with Gasteiger partial charge in [-0.2, -0.15) is 5.10 Å². The summed E-state index contributed by atoms with van der Waals surface area (Å²) in [6.07, 6.45) is 1.35. The number of ether oxygens (including phenoxy) is 2. The van der Waals surface area contributed by atoms with Gasteiger partial charge in [-0.1, -0.05) is 30.3 Å². The van der Waals surface area contributed by atoms with E-state index in [1.165, 1.54) is 6.21 Å². The molecule has 3 aromatic carbocycles. The Labute approximate surface area is 191 Å². The van der Waals surface area contributed by atoms with E-state index in [4.69, 9.17) is 9.47 Å². The third kappa shape index (κ3) is 6.76. The fourth-order valence-electron chi connectivity index (χ4n) is 2.82. The molecule has 0 aliphatic carbocycles. The quantitative estimate of drug-likeness (QED) is 0.190. The van der Waals surface area contributed by atoms with Crippen LogP contribution in [0.15, 0.2) is 77.9 Å². The Balaban J connectivity index is 1.63. The Morgan fingerprint density at radius 3 is 2.42 bits per heavy atom. The molecular formula is C25H23N3O5. The first kappa shape index (κ1) is 23.2. The summed E-state index contributed by atoms with van der Waals surface area (Å²) >= 11 is 0. The number of hydrogen-bond acceptors (Lipinski definition) is 6. The van der Waals surface area contributed by atoms with Crippen molar-refractivity contribution in [1.82, 2.24) is 5.43 Å². The van der Waals surface area contributed by atoms with Gasteiger partial charge in [0.25, 0.3) is 0 Å². The lowest BCUT2D eigenvalue weighted by Gasteiger charge is -2.11. The molecule has 0 heterocycles. The van der Waals surface area contributed by atoms with Gasteiger partial charge in [-0.05, 0) is 67.4 Å². The number of nitrogens with zero attached hydrogens (tertiary/aromatic N) is 1. The Morgan fingerprint density at radius 2 is 1.70 bits per heavy atom. The summed E-state index contributed by atoms with van der Waals surface area (Å²) in [6, 6.07) is 20.5. The highest BCUT2D eigenvalue weighted by atomic mass is 16.6. The van der Waals surface area contributed by atoms with Gasteiger partial charge in [0.2, 0.25) is 0 Å². The summed E-state index contributed by atoms with van der Waals surface area (Å²) in [6.45, 7) is 4.04. The number of hydrogen-bond donors (Lipinski definition) is 2. The lowest BCUT2D eigenvalue weighted by molar-refractivity contribution is -0.136. The van der Waals surface area contributed by atoms with E-state index in [1.54, 1.807) is 67.6 Å². The average Bonchev–Trinajstić information content (AvgIpc) is 2.81. The fourth-order valence-corrected chi connectivity index (χ4v) is 2.82. The summed E-state index contributed by atoms with van der Waals surface area (Å²) in [5.74, 6) is -1.66. The molecule has 0 spiro atoms. The highest BCUT2D eigenvalue weighted by Crippen LogP contribution is 2.29. The maximum Gasteiger partial charge on any atom is 0.343 e. The van der Waals surface area contributed by atoms with Gasteiger partial charge >= 0.3 is 17.8 Å². The van der Waals surface area contributed by atoms with E-state index in [0.29, 0.717) is 29.2 Å². The Hall–Kier alpha value is -4.46. The van der Waals surface area contributed by atoms with Crippen LogP contribution in [0.2, 0.25) is 0 Å². The van der Waals surface area contributed by atoms with Crippen molar-refractivity contribution in [3.63, 3.8) is 0 Å². The van der Waals surface area contributed by atoms with Gasteiger partial charge in [-0.25, -0.2) is 10.2 Å². The molecule has 0 radical (unpaired) electrons. The Morgan fingerprint density at radius 1 is 0.909 bits per heavy atom. The van der Waals surface area contributed by atoms with E-state index >= 15 is 0 Å². The van der Waals surface area contributed by atoms with Gasteiger partial charge in [0, 0.05) is 5.69 Å². The summed E-state index contributed by atoms with van der Waals surface area (Å²) < 4.78 is 11.0. The van der Waals surface area contributed by atoms with Crippen LogP contribution < -0.4 is 20.2 Å². The lowest BCUT2D eigenvalue weighted by atomic mass is 10.2. The molecule has 168 valence electrons. The summed E-state index contributed by atoms with van der Waals surface area (Å²) in [5, 5.41) is 6.32. The zero-order chi connectivity index (χ0) is 23.6. The summed E-state index contributed by atoms with van der Waals surface area (Å²) in [5.41, 5.74) is 4.63. The normalized spacial score (nSPS) is 10.5. The molecule has 0 aliphatic heterocycles. The standard InChI is InChI=1S/C25H23N3O5/c1-3-32-22-15-18(12-13-21(22)33-25(31)19-9-5-4-6-10-19)16-26-28-24(30)23(29)27-20-11-7-8-17(2)14-20/h4-16H,3H2,1-2H3,(H,27,29)(H,28,30)/b26-16+.